The zero-order chi connectivity index (χ0) is 18.1. The Balaban J connectivity index is 2.00. The molecule has 2 aromatic heterocycles. The molecule has 0 spiro atoms. The number of aromatic nitrogens is 2. The second kappa shape index (κ2) is 6.34. The van der Waals surface area contributed by atoms with Gasteiger partial charge in [0.15, 0.2) is 0 Å². The van der Waals surface area contributed by atoms with Gasteiger partial charge in [-0.05, 0) is 18.1 Å². The minimum atomic E-state index is -0.173. The molecule has 0 saturated carbocycles. The Bertz CT molecular complexity index is 1180. The van der Waals surface area contributed by atoms with E-state index in [1.165, 1.54) is 0 Å². The Morgan fingerprint density at radius 1 is 1.12 bits per heavy atom. The first-order valence-electron chi connectivity index (χ1n) is 8.27. The van der Waals surface area contributed by atoms with Crippen molar-refractivity contribution in [3.05, 3.63) is 82.5 Å². The van der Waals surface area contributed by atoms with Crippen LogP contribution in [0.4, 0.5) is 0 Å². The van der Waals surface area contributed by atoms with Crippen molar-refractivity contribution < 1.29 is 4.42 Å². The molecule has 0 aliphatic rings. The third kappa shape index (κ3) is 2.68. The van der Waals surface area contributed by atoms with E-state index in [2.05, 4.69) is 16.3 Å². The van der Waals surface area contributed by atoms with Crippen LogP contribution in [0.25, 0.3) is 22.2 Å². The van der Waals surface area contributed by atoms with Crippen molar-refractivity contribution in [2.24, 2.45) is 0 Å². The van der Waals surface area contributed by atoms with Crippen molar-refractivity contribution in [1.82, 2.24) is 10.2 Å². The Kier molecular flexibility index (Phi) is 3.86. The maximum atomic E-state index is 9.63. The number of nitrogens with one attached hydrogen (secondary N) is 2. The molecule has 0 aliphatic carbocycles. The molecule has 2 N–H and O–H groups in total. The summed E-state index contributed by atoms with van der Waals surface area (Å²) < 4.78 is 5.49. The number of aromatic amines is 1. The van der Waals surface area contributed by atoms with Gasteiger partial charge in [0.1, 0.15) is 11.6 Å². The molecule has 0 fully saturated rings. The van der Waals surface area contributed by atoms with Gasteiger partial charge in [0, 0.05) is 12.0 Å². The minimum absolute atomic E-state index is 0.173. The van der Waals surface area contributed by atoms with Crippen molar-refractivity contribution in [1.29, 1.82) is 10.7 Å². The fraction of sp³-hybridized carbons (Fsp3) is 0.0952. The van der Waals surface area contributed by atoms with Crippen molar-refractivity contribution in [3.8, 4) is 17.2 Å². The van der Waals surface area contributed by atoms with Gasteiger partial charge in [0.25, 0.3) is 0 Å². The van der Waals surface area contributed by atoms with E-state index in [9.17, 15) is 5.26 Å². The molecule has 0 amide bonds. The summed E-state index contributed by atoms with van der Waals surface area (Å²) in [5, 5.41) is 25.7. The fourth-order valence-electron chi connectivity index (χ4n) is 3.12. The Morgan fingerprint density at radius 2 is 1.85 bits per heavy atom. The van der Waals surface area contributed by atoms with Gasteiger partial charge in [-0.15, -0.1) is 5.10 Å². The maximum absolute atomic E-state index is 9.63. The van der Waals surface area contributed by atoms with Gasteiger partial charge in [-0.2, -0.15) is 5.26 Å². The van der Waals surface area contributed by atoms with E-state index in [1.807, 2.05) is 61.5 Å². The van der Waals surface area contributed by atoms with E-state index < -0.39 is 0 Å². The summed E-state index contributed by atoms with van der Waals surface area (Å²) in [5.74, 6) is 0. The minimum Gasteiger partial charge on any atom is -0.418 e. The van der Waals surface area contributed by atoms with Crippen LogP contribution in [0.15, 0.2) is 59.0 Å². The number of nitriles is 1. The van der Waals surface area contributed by atoms with E-state index in [1.54, 1.807) is 0 Å². The molecule has 4 rings (SSSR count). The van der Waals surface area contributed by atoms with Crippen LogP contribution in [0.2, 0.25) is 0 Å². The fourth-order valence-corrected chi connectivity index (χ4v) is 3.12. The highest BCUT2D eigenvalue weighted by atomic mass is 16.3. The number of rotatable bonds is 3. The molecule has 0 atom stereocenters. The Labute approximate surface area is 150 Å². The molecule has 0 unspecified atom stereocenters. The van der Waals surface area contributed by atoms with E-state index >= 15 is 0 Å². The van der Waals surface area contributed by atoms with Gasteiger partial charge in [-0.25, -0.2) is 0 Å². The molecule has 5 heteroatoms. The lowest BCUT2D eigenvalue weighted by Gasteiger charge is -2.08. The smallest absolute Gasteiger partial charge is 0.248 e. The van der Waals surface area contributed by atoms with E-state index in [0.717, 1.165) is 27.8 Å². The molecule has 0 radical (unpaired) electrons. The average Bonchev–Trinajstić information content (AvgIpc) is 3.04. The molecule has 5 nitrogen and oxygen atoms in total. The lowest BCUT2D eigenvalue weighted by molar-refractivity contribution is 0.520. The predicted molar refractivity (Wildman–Crippen MR) is 98.4 cm³/mol. The molecule has 126 valence electrons. The molecule has 2 heterocycles. The summed E-state index contributed by atoms with van der Waals surface area (Å²) in [6.07, 6.45) is 0.633. The Hall–Kier alpha value is -3.65. The van der Waals surface area contributed by atoms with Crippen LogP contribution in [-0.2, 0) is 6.42 Å². The summed E-state index contributed by atoms with van der Waals surface area (Å²) >= 11 is 0. The van der Waals surface area contributed by atoms with Crippen LogP contribution >= 0.6 is 0 Å². The van der Waals surface area contributed by atoms with Gasteiger partial charge < -0.3 is 4.42 Å². The van der Waals surface area contributed by atoms with Crippen molar-refractivity contribution in [2.75, 3.05) is 0 Å². The molecule has 26 heavy (non-hydrogen) atoms. The second-order valence-corrected chi connectivity index (χ2v) is 6.20. The number of nitrogens with zero attached hydrogens (tertiary/aromatic N) is 2. The first-order valence-corrected chi connectivity index (χ1v) is 8.27. The molecule has 0 aliphatic heterocycles. The third-order valence-electron chi connectivity index (χ3n) is 4.41. The first kappa shape index (κ1) is 15.9. The zero-order valence-electron chi connectivity index (χ0n) is 14.2. The number of hydrogen-bond donors (Lipinski definition) is 2. The molecule has 2 aromatic carbocycles. The van der Waals surface area contributed by atoms with Crippen molar-refractivity contribution in [2.45, 2.75) is 13.3 Å². The second-order valence-electron chi connectivity index (χ2n) is 6.20. The quantitative estimate of drug-likeness (QED) is 0.589. The number of fused-ring (bicyclic) bond motifs is 1. The molecular formula is C21H16N4O. The van der Waals surface area contributed by atoms with Gasteiger partial charge in [-0.3, -0.25) is 10.5 Å². The highest BCUT2D eigenvalue weighted by Gasteiger charge is 2.20. The number of aryl methyl sites for hydroxylation is 1. The third-order valence-corrected chi connectivity index (χ3v) is 4.41. The monoisotopic (exact) mass is 340 g/mol. The lowest BCUT2D eigenvalue weighted by Crippen LogP contribution is -2.07. The van der Waals surface area contributed by atoms with Gasteiger partial charge >= 0.3 is 0 Å². The number of hydrogen-bond acceptors (Lipinski definition) is 4. The topological polar surface area (TPSA) is 89.5 Å². The summed E-state index contributed by atoms with van der Waals surface area (Å²) in [5.41, 5.74) is 5.08. The van der Waals surface area contributed by atoms with E-state index in [0.29, 0.717) is 17.7 Å². The number of H-pyrrole nitrogens is 1. The zero-order valence-corrected chi connectivity index (χ0v) is 14.2. The molecule has 4 aromatic rings. The number of benzene rings is 2. The highest BCUT2D eigenvalue weighted by molar-refractivity contribution is 5.96. The van der Waals surface area contributed by atoms with Gasteiger partial charge in [0.05, 0.1) is 11.1 Å². The summed E-state index contributed by atoms with van der Waals surface area (Å²) in [6.45, 7) is 2.01. The largest absolute Gasteiger partial charge is 0.418 e. The van der Waals surface area contributed by atoms with Gasteiger partial charge in [0.2, 0.25) is 11.3 Å². The standard InChI is InChI=1S/C21H16N4O/c1-13-7-9-15(10-8-13)18-16(12-22)20(23)26-21-19(18)17(24-25-21)11-14-5-3-2-4-6-14/h2-10,23H,11H2,1H3,(H,24,25). The van der Waals surface area contributed by atoms with Crippen LogP contribution in [-0.4, -0.2) is 10.2 Å². The average molecular weight is 340 g/mol. The predicted octanol–water partition coefficient (Wildman–Crippen LogP) is 4.07. The van der Waals surface area contributed by atoms with E-state index in [-0.39, 0.29) is 11.1 Å². The molecule has 0 bridgehead atoms. The van der Waals surface area contributed by atoms with Crippen molar-refractivity contribution >= 4 is 11.1 Å². The highest BCUT2D eigenvalue weighted by Crippen LogP contribution is 2.32. The van der Waals surface area contributed by atoms with Crippen LogP contribution in [0.1, 0.15) is 22.4 Å². The lowest BCUT2D eigenvalue weighted by atomic mass is 9.96. The van der Waals surface area contributed by atoms with Crippen molar-refractivity contribution in [3.63, 3.8) is 0 Å². The van der Waals surface area contributed by atoms with Crippen LogP contribution in [0, 0.1) is 23.7 Å². The summed E-state index contributed by atoms with van der Waals surface area (Å²) in [7, 11) is 0. The molecular weight excluding hydrogens is 324 g/mol. The van der Waals surface area contributed by atoms with E-state index in [4.69, 9.17) is 9.83 Å². The van der Waals surface area contributed by atoms with Crippen LogP contribution < -0.4 is 5.55 Å². The maximum Gasteiger partial charge on any atom is 0.248 e. The summed E-state index contributed by atoms with van der Waals surface area (Å²) in [6, 6.07) is 20.1. The molecule has 0 saturated heterocycles. The van der Waals surface area contributed by atoms with Crippen LogP contribution in [0.5, 0.6) is 0 Å². The van der Waals surface area contributed by atoms with Crippen LogP contribution in [0.3, 0.4) is 0 Å². The normalized spacial score (nSPS) is 10.8. The SMILES string of the molecule is Cc1ccc(-c2c(C#N)c(=N)oc3n[nH]c(Cc4ccccc4)c23)cc1. The van der Waals surface area contributed by atoms with Gasteiger partial charge in [-0.1, -0.05) is 60.2 Å². The summed E-state index contributed by atoms with van der Waals surface area (Å²) in [4.78, 5) is 0. The first-order chi connectivity index (χ1) is 12.7. The Morgan fingerprint density at radius 3 is 2.54 bits per heavy atom.